The molecule has 0 aliphatic heterocycles. The lowest BCUT2D eigenvalue weighted by Crippen LogP contribution is -2.20. The van der Waals surface area contributed by atoms with Crippen LogP contribution >= 0.6 is 0 Å². The van der Waals surface area contributed by atoms with Crippen molar-refractivity contribution in [2.24, 2.45) is 9.98 Å². The zero-order valence-corrected chi connectivity index (χ0v) is 18.3. The first-order chi connectivity index (χ1) is 14.9. The van der Waals surface area contributed by atoms with E-state index in [9.17, 15) is 0 Å². The van der Waals surface area contributed by atoms with E-state index in [-0.39, 0.29) is 0 Å². The van der Waals surface area contributed by atoms with Gasteiger partial charge in [0.15, 0.2) is 0 Å². The van der Waals surface area contributed by atoms with Gasteiger partial charge < -0.3 is 10.6 Å². The number of nitrogens with one attached hydrogen (secondary N) is 2. The summed E-state index contributed by atoms with van der Waals surface area (Å²) in [4.78, 5) is 8.95. The van der Waals surface area contributed by atoms with Gasteiger partial charge in [0, 0.05) is 25.5 Å². The van der Waals surface area contributed by atoms with Crippen LogP contribution in [0.2, 0.25) is 0 Å². The third kappa shape index (κ3) is 13.0. The SMILES string of the molecule is C(=NCCCCCNCCCCCNCCN=Cc1ccccc1)c1ccccc1. The van der Waals surface area contributed by atoms with Crippen molar-refractivity contribution in [3.8, 4) is 0 Å². The Kier molecular flexibility index (Phi) is 14.0. The molecular formula is C26H38N4. The second kappa shape index (κ2) is 17.5. The number of aliphatic imine (C=N–C) groups is 2. The van der Waals surface area contributed by atoms with E-state index in [2.05, 4.69) is 44.9 Å². The highest BCUT2D eigenvalue weighted by Gasteiger charge is 1.92. The van der Waals surface area contributed by atoms with Crippen molar-refractivity contribution < 1.29 is 0 Å². The fourth-order valence-electron chi connectivity index (χ4n) is 3.12. The van der Waals surface area contributed by atoms with Gasteiger partial charge in [-0.05, 0) is 56.4 Å². The van der Waals surface area contributed by atoms with Gasteiger partial charge in [-0.1, -0.05) is 73.5 Å². The van der Waals surface area contributed by atoms with E-state index in [0.29, 0.717) is 0 Å². The van der Waals surface area contributed by atoms with Crippen LogP contribution in [0.4, 0.5) is 0 Å². The first-order valence-electron chi connectivity index (χ1n) is 11.5. The van der Waals surface area contributed by atoms with Crippen LogP contribution in [0.1, 0.15) is 49.7 Å². The third-order valence-electron chi connectivity index (χ3n) is 4.85. The molecule has 30 heavy (non-hydrogen) atoms. The summed E-state index contributed by atoms with van der Waals surface area (Å²) in [6.07, 6.45) is 11.4. The van der Waals surface area contributed by atoms with Crippen molar-refractivity contribution in [1.82, 2.24) is 10.6 Å². The minimum absolute atomic E-state index is 0.841. The number of nitrogens with zero attached hydrogens (tertiary/aromatic N) is 2. The van der Waals surface area contributed by atoms with E-state index in [1.807, 2.05) is 48.8 Å². The van der Waals surface area contributed by atoms with Crippen LogP contribution < -0.4 is 10.6 Å². The molecule has 4 nitrogen and oxygen atoms in total. The molecule has 0 unspecified atom stereocenters. The average Bonchev–Trinajstić information content (AvgIpc) is 2.79. The number of hydrogen-bond acceptors (Lipinski definition) is 4. The fraction of sp³-hybridized carbons (Fsp3) is 0.462. The van der Waals surface area contributed by atoms with Crippen LogP contribution in [0.3, 0.4) is 0 Å². The maximum absolute atomic E-state index is 4.50. The molecule has 0 radical (unpaired) electrons. The molecule has 0 bridgehead atoms. The molecule has 0 saturated heterocycles. The van der Waals surface area contributed by atoms with E-state index in [1.54, 1.807) is 0 Å². The number of rotatable bonds is 17. The average molecular weight is 407 g/mol. The molecule has 2 N–H and O–H groups in total. The molecule has 2 aromatic rings. The predicted octanol–water partition coefficient (Wildman–Crippen LogP) is 4.74. The third-order valence-corrected chi connectivity index (χ3v) is 4.85. The number of unbranched alkanes of at least 4 members (excludes halogenated alkanes) is 4. The standard InChI is InChI=1S/C26H38N4/c1-5-13-25(14-6-1)23-29-20-12-4-10-18-27-17-9-3-11-19-28-21-22-30-24-26-15-7-2-8-16-26/h1-2,5-8,13-16,23-24,27-28H,3-4,9-12,17-22H2. The summed E-state index contributed by atoms with van der Waals surface area (Å²) in [6, 6.07) is 20.6. The molecule has 0 aliphatic carbocycles. The van der Waals surface area contributed by atoms with Gasteiger partial charge in [0.05, 0.1) is 6.54 Å². The normalized spacial score (nSPS) is 11.6. The largest absolute Gasteiger partial charge is 0.317 e. The highest BCUT2D eigenvalue weighted by Crippen LogP contribution is 1.98. The summed E-state index contributed by atoms with van der Waals surface area (Å²) < 4.78 is 0. The van der Waals surface area contributed by atoms with Crippen LogP contribution in [0, 0.1) is 0 Å². The minimum Gasteiger partial charge on any atom is -0.317 e. The Morgan fingerprint density at radius 3 is 1.53 bits per heavy atom. The predicted molar refractivity (Wildman–Crippen MR) is 131 cm³/mol. The maximum Gasteiger partial charge on any atom is 0.0514 e. The Labute approximate surface area is 182 Å². The topological polar surface area (TPSA) is 48.8 Å². The summed E-state index contributed by atoms with van der Waals surface area (Å²) in [5.74, 6) is 0. The zero-order valence-electron chi connectivity index (χ0n) is 18.3. The van der Waals surface area contributed by atoms with E-state index < -0.39 is 0 Å². The van der Waals surface area contributed by atoms with Gasteiger partial charge >= 0.3 is 0 Å². The summed E-state index contributed by atoms with van der Waals surface area (Å²) in [7, 11) is 0. The van der Waals surface area contributed by atoms with Gasteiger partial charge in [0.25, 0.3) is 0 Å². The second-order valence-electron chi connectivity index (χ2n) is 7.51. The Morgan fingerprint density at radius 2 is 0.967 bits per heavy atom. The minimum atomic E-state index is 0.841. The molecule has 0 fully saturated rings. The highest BCUT2D eigenvalue weighted by molar-refractivity contribution is 5.79. The molecule has 2 aromatic carbocycles. The van der Waals surface area contributed by atoms with Crippen molar-refractivity contribution in [3.63, 3.8) is 0 Å². The molecule has 0 saturated carbocycles. The molecule has 0 spiro atoms. The quantitative estimate of drug-likeness (QED) is 0.294. The summed E-state index contributed by atoms with van der Waals surface area (Å²) in [5, 5.41) is 7.03. The Morgan fingerprint density at radius 1 is 0.500 bits per heavy atom. The summed E-state index contributed by atoms with van der Waals surface area (Å²) in [6.45, 7) is 6.07. The zero-order chi connectivity index (χ0) is 21.0. The molecule has 0 amide bonds. The van der Waals surface area contributed by atoms with Crippen LogP contribution in [0.15, 0.2) is 70.6 Å². The molecular weight excluding hydrogens is 368 g/mol. The van der Waals surface area contributed by atoms with Crippen molar-refractivity contribution in [1.29, 1.82) is 0 Å². The smallest absolute Gasteiger partial charge is 0.0514 e. The second-order valence-corrected chi connectivity index (χ2v) is 7.51. The Hall–Kier alpha value is -2.30. The lowest BCUT2D eigenvalue weighted by Gasteiger charge is -2.05. The van der Waals surface area contributed by atoms with Crippen molar-refractivity contribution >= 4 is 12.4 Å². The van der Waals surface area contributed by atoms with Crippen LogP contribution in [0.25, 0.3) is 0 Å². The van der Waals surface area contributed by atoms with Gasteiger partial charge in [0.2, 0.25) is 0 Å². The first-order valence-corrected chi connectivity index (χ1v) is 11.5. The van der Waals surface area contributed by atoms with Crippen molar-refractivity contribution in [3.05, 3.63) is 71.8 Å². The van der Waals surface area contributed by atoms with Crippen LogP contribution in [-0.2, 0) is 0 Å². The molecule has 4 heteroatoms. The van der Waals surface area contributed by atoms with Crippen LogP contribution in [0.5, 0.6) is 0 Å². The van der Waals surface area contributed by atoms with Crippen molar-refractivity contribution in [2.75, 3.05) is 39.3 Å². The van der Waals surface area contributed by atoms with E-state index in [0.717, 1.165) is 39.3 Å². The molecule has 0 aliphatic rings. The monoisotopic (exact) mass is 406 g/mol. The van der Waals surface area contributed by atoms with Gasteiger partial charge in [0.1, 0.15) is 0 Å². The molecule has 162 valence electrons. The van der Waals surface area contributed by atoms with Crippen molar-refractivity contribution in [2.45, 2.75) is 38.5 Å². The number of hydrogen-bond donors (Lipinski definition) is 2. The lowest BCUT2D eigenvalue weighted by molar-refractivity contribution is 0.557. The van der Waals surface area contributed by atoms with Gasteiger partial charge in [-0.2, -0.15) is 0 Å². The number of benzene rings is 2. The van der Waals surface area contributed by atoms with Gasteiger partial charge in [-0.15, -0.1) is 0 Å². The van der Waals surface area contributed by atoms with Crippen LogP contribution in [-0.4, -0.2) is 51.7 Å². The van der Waals surface area contributed by atoms with E-state index >= 15 is 0 Å². The van der Waals surface area contributed by atoms with Gasteiger partial charge in [-0.3, -0.25) is 9.98 Å². The van der Waals surface area contributed by atoms with E-state index in [4.69, 9.17) is 0 Å². The Bertz CT molecular complexity index is 621. The molecule has 0 atom stereocenters. The molecule has 0 aromatic heterocycles. The molecule has 2 rings (SSSR count). The maximum atomic E-state index is 4.50. The highest BCUT2D eigenvalue weighted by atomic mass is 14.9. The van der Waals surface area contributed by atoms with Gasteiger partial charge in [-0.25, -0.2) is 0 Å². The first kappa shape index (κ1) is 24.0. The Balaban J connectivity index is 1.27. The molecule has 0 heterocycles. The van der Waals surface area contributed by atoms with E-state index in [1.165, 1.54) is 49.7 Å². The lowest BCUT2D eigenvalue weighted by atomic mass is 10.2. The fourth-order valence-corrected chi connectivity index (χ4v) is 3.12. The summed E-state index contributed by atoms with van der Waals surface area (Å²) >= 11 is 0. The summed E-state index contributed by atoms with van der Waals surface area (Å²) in [5.41, 5.74) is 2.35.